The van der Waals surface area contributed by atoms with Crippen LogP contribution in [-0.2, 0) is 0 Å². The molecular formula is C17H18N4. The van der Waals surface area contributed by atoms with E-state index < -0.39 is 0 Å². The molecule has 0 radical (unpaired) electrons. The number of aromatic nitrogens is 3. The fraction of sp³-hybridized carbons (Fsp3) is 0.176. The van der Waals surface area contributed by atoms with Gasteiger partial charge in [0, 0.05) is 18.1 Å². The highest BCUT2D eigenvalue weighted by Gasteiger charge is 2.07. The van der Waals surface area contributed by atoms with Crippen LogP contribution in [0, 0.1) is 6.92 Å². The van der Waals surface area contributed by atoms with E-state index in [1.54, 1.807) is 6.20 Å². The summed E-state index contributed by atoms with van der Waals surface area (Å²) in [7, 11) is 0. The molecule has 0 aliphatic rings. The van der Waals surface area contributed by atoms with E-state index in [4.69, 9.17) is 0 Å². The van der Waals surface area contributed by atoms with Crippen molar-refractivity contribution in [1.82, 2.24) is 14.8 Å². The van der Waals surface area contributed by atoms with Crippen LogP contribution in [0.3, 0.4) is 0 Å². The quantitative estimate of drug-likeness (QED) is 0.790. The molecule has 2 heterocycles. The number of nitrogens with zero attached hydrogens (tertiary/aromatic N) is 3. The van der Waals surface area contributed by atoms with Crippen LogP contribution in [0.2, 0.25) is 0 Å². The third kappa shape index (κ3) is 3.11. The Labute approximate surface area is 124 Å². The highest BCUT2D eigenvalue weighted by molar-refractivity contribution is 5.42. The van der Waals surface area contributed by atoms with E-state index in [0.29, 0.717) is 0 Å². The molecule has 21 heavy (non-hydrogen) atoms. The lowest BCUT2D eigenvalue weighted by Crippen LogP contribution is -2.09. The Morgan fingerprint density at radius 2 is 1.95 bits per heavy atom. The number of hydrogen-bond acceptors (Lipinski definition) is 3. The van der Waals surface area contributed by atoms with E-state index in [1.165, 1.54) is 5.56 Å². The highest BCUT2D eigenvalue weighted by atomic mass is 15.3. The zero-order chi connectivity index (χ0) is 14.7. The molecule has 0 saturated carbocycles. The average molecular weight is 278 g/mol. The molecule has 106 valence electrons. The van der Waals surface area contributed by atoms with E-state index in [-0.39, 0.29) is 6.04 Å². The van der Waals surface area contributed by atoms with Crippen LogP contribution in [0.5, 0.6) is 0 Å². The number of benzene rings is 1. The lowest BCUT2D eigenvalue weighted by Gasteiger charge is -2.16. The molecule has 0 aliphatic carbocycles. The second-order valence-corrected chi connectivity index (χ2v) is 5.08. The van der Waals surface area contributed by atoms with Crippen molar-refractivity contribution < 1.29 is 0 Å². The third-order valence-corrected chi connectivity index (χ3v) is 3.39. The fourth-order valence-corrected chi connectivity index (χ4v) is 2.29. The van der Waals surface area contributed by atoms with Crippen molar-refractivity contribution >= 4 is 5.82 Å². The van der Waals surface area contributed by atoms with Crippen LogP contribution < -0.4 is 5.32 Å². The first kappa shape index (κ1) is 13.4. The van der Waals surface area contributed by atoms with Crippen molar-refractivity contribution in [3.05, 3.63) is 72.2 Å². The molecule has 4 nitrogen and oxygen atoms in total. The Morgan fingerprint density at radius 3 is 2.71 bits per heavy atom. The van der Waals surface area contributed by atoms with E-state index >= 15 is 0 Å². The molecule has 0 amide bonds. The maximum absolute atomic E-state index is 4.48. The zero-order valence-corrected chi connectivity index (χ0v) is 12.2. The second-order valence-electron chi connectivity index (χ2n) is 5.08. The minimum atomic E-state index is 0.176. The summed E-state index contributed by atoms with van der Waals surface area (Å²) in [4.78, 5) is 4.48. The van der Waals surface area contributed by atoms with Gasteiger partial charge in [-0.2, -0.15) is 5.10 Å². The smallest absolute Gasteiger partial charge is 0.126 e. The number of anilines is 1. The van der Waals surface area contributed by atoms with Gasteiger partial charge < -0.3 is 5.32 Å². The predicted octanol–water partition coefficient (Wildman–Crippen LogP) is 3.75. The van der Waals surface area contributed by atoms with Gasteiger partial charge in [-0.25, -0.2) is 9.67 Å². The molecular weight excluding hydrogens is 260 g/mol. The lowest BCUT2D eigenvalue weighted by molar-refractivity contribution is 0.849. The summed E-state index contributed by atoms with van der Waals surface area (Å²) in [5, 5.41) is 7.70. The first-order chi connectivity index (χ1) is 10.2. The first-order valence-electron chi connectivity index (χ1n) is 7.02. The summed E-state index contributed by atoms with van der Waals surface area (Å²) in [5.41, 5.74) is 3.27. The highest BCUT2D eigenvalue weighted by Crippen LogP contribution is 2.20. The molecule has 1 aromatic carbocycles. The summed E-state index contributed by atoms with van der Waals surface area (Å²) in [6.45, 7) is 4.13. The van der Waals surface area contributed by atoms with Gasteiger partial charge in [-0.15, -0.1) is 0 Å². The summed E-state index contributed by atoms with van der Waals surface area (Å²) in [6, 6.07) is 16.4. The van der Waals surface area contributed by atoms with Crippen molar-refractivity contribution in [3.63, 3.8) is 0 Å². The SMILES string of the molecule is Cc1cccc(NC(C)c2cccc(-n3cccn3)c2)n1. The van der Waals surface area contributed by atoms with Crippen LogP contribution in [0.4, 0.5) is 5.82 Å². The van der Waals surface area contributed by atoms with Gasteiger partial charge in [-0.3, -0.25) is 0 Å². The Hall–Kier alpha value is -2.62. The zero-order valence-electron chi connectivity index (χ0n) is 12.2. The van der Waals surface area contributed by atoms with Crippen LogP contribution in [0.15, 0.2) is 60.9 Å². The Morgan fingerprint density at radius 1 is 1.10 bits per heavy atom. The largest absolute Gasteiger partial charge is 0.364 e. The molecule has 0 aliphatic heterocycles. The van der Waals surface area contributed by atoms with Crippen molar-refractivity contribution in [2.24, 2.45) is 0 Å². The average Bonchev–Trinajstić information content (AvgIpc) is 3.02. The molecule has 0 fully saturated rings. The minimum Gasteiger partial charge on any atom is -0.364 e. The van der Waals surface area contributed by atoms with Gasteiger partial charge >= 0.3 is 0 Å². The van der Waals surface area contributed by atoms with Crippen molar-refractivity contribution in [1.29, 1.82) is 0 Å². The van der Waals surface area contributed by atoms with Crippen molar-refractivity contribution in [2.75, 3.05) is 5.32 Å². The van der Waals surface area contributed by atoms with Crippen LogP contribution in [0.25, 0.3) is 5.69 Å². The predicted molar refractivity (Wildman–Crippen MR) is 84.6 cm³/mol. The van der Waals surface area contributed by atoms with E-state index in [2.05, 4.69) is 34.5 Å². The number of pyridine rings is 1. The molecule has 4 heteroatoms. The Kier molecular flexibility index (Phi) is 3.69. The summed E-state index contributed by atoms with van der Waals surface area (Å²) < 4.78 is 1.86. The first-order valence-corrected chi connectivity index (χ1v) is 7.02. The molecule has 0 spiro atoms. The monoisotopic (exact) mass is 278 g/mol. The summed E-state index contributed by atoms with van der Waals surface area (Å²) >= 11 is 0. The van der Waals surface area contributed by atoms with Crippen LogP contribution in [0.1, 0.15) is 24.2 Å². The Bertz CT molecular complexity index is 719. The molecule has 0 saturated heterocycles. The molecule has 0 bridgehead atoms. The maximum atomic E-state index is 4.48. The summed E-state index contributed by atoms with van der Waals surface area (Å²) in [6.07, 6.45) is 3.73. The minimum absolute atomic E-state index is 0.176. The normalized spacial score (nSPS) is 12.1. The van der Waals surface area contributed by atoms with Gasteiger partial charge in [0.1, 0.15) is 5.82 Å². The maximum Gasteiger partial charge on any atom is 0.126 e. The van der Waals surface area contributed by atoms with Gasteiger partial charge in [-0.05, 0) is 49.7 Å². The van der Waals surface area contributed by atoms with Crippen molar-refractivity contribution in [2.45, 2.75) is 19.9 Å². The van der Waals surface area contributed by atoms with Gasteiger partial charge in [0.25, 0.3) is 0 Å². The molecule has 3 aromatic rings. The standard InChI is InChI=1S/C17H18N4/c1-13-6-3-9-17(19-13)20-14(2)15-7-4-8-16(12-15)21-11-5-10-18-21/h3-12,14H,1-2H3,(H,19,20). The van der Waals surface area contributed by atoms with E-state index in [0.717, 1.165) is 17.2 Å². The molecule has 2 aromatic heterocycles. The molecule has 3 rings (SSSR count). The topological polar surface area (TPSA) is 42.7 Å². The summed E-state index contributed by atoms with van der Waals surface area (Å²) in [5.74, 6) is 0.895. The number of hydrogen-bond donors (Lipinski definition) is 1. The third-order valence-electron chi connectivity index (χ3n) is 3.39. The fourth-order valence-electron chi connectivity index (χ4n) is 2.29. The van der Waals surface area contributed by atoms with Crippen LogP contribution in [-0.4, -0.2) is 14.8 Å². The number of rotatable bonds is 4. The van der Waals surface area contributed by atoms with Crippen molar-refractivity contribution in [3.8, 4) is 5.69 Å². The number of nitrogens with one attached hydrogen (secondary N) is 1. The van der Waals surface area contributed by atoms with Gasteiger partial charge in [0.2, 0.25) is 0 Å². The van der Waals surface area contributed by atoms with Gasteiger partial charge in [0.05, 0.1) is 11.7 Å². The number of aryl methyl sites for hydroxylation is 1. The molecule has 1 unspecified atom stereocenters. The van der Waals surface area contributed by atoms with E-state index in [1.807, 2.05) is 54.2 Å². The molecule has 1 atom stereocenters. The van der Waals surface area contributed by atoms with E-state index in [9.17, 15) is 0 Å². The van der Waals surface area contributed by atoms with Crippen LogP contribution >= 0.6 is 0 Å². The Balaban J connectivity index is 1.81. The lowest BCUT2D eigenvalue weighted by atomic mass is 10.1. The molecule has 1 N–H and O–H groups in total. The second kappa shape index (κ2) is 5.79. The van der Waals surface area contributed by atoms with Gasteiger partial charge in [-0.1, -0.05) is 18.2 Å². The van der Waals surface area contributed by atoms with Gasteiger partial charge in [0.15, 0.2) is 0 Å².